The van der Waals surface area contributed by atoms with Crippen LogP contribution in [0.15, 0.2) is 29.3 Å². The van der Waals surface area contributed by atoms with E-state index in [0.29, 0.717) is 12.5 Å². The molecule has 0 saturated heterocycles. The lowest BCUT2D eigenvalue weighted by atomic mass is 10.3. The minimum absolute atomic E-state index is 0.622. The molecular weight excluding hydrogens is 250 g/mol. The normalized spacial score (nSPS) is 12.1. The number of imidazole rings is 1. The van der Waals surface area contributed by atoms with Crippen LogP contribution >= 0.6 is 0 Å². The van der Waals surface area contributed by atoms with Crippen molar-refractivity contribution >= 4 is 17.0 Å². The predicted octanol–water partition coefficient (Wildman–Crippen LogP) is 2.00. The third kappa shape index (κ3) is 2.92. The maximum atomic E-state index is 5.98. The van der Waals surface area contributed by atoms with Crippen LogP contribution in [0.2, 0.25) is 0 Å². The molecule has 5 heteroatoms. The molecule has 2 aromatic rings. The summed E-state index contributed by atoms with van der Waals surface area (Å²) in [7, 11) is 0. The van der Waals surface area contributed by atoms with E-state index in [0.717, 1.165) is 36.5 Å². The standard InChI is InChI=1S/C15H23N5/c1-4-19(5-2)15(16)17-10-11-20-12(3)18-13-8-6-7-9-14(13)20/h6-9H,4-5,10-11H2,1-3H3,(H2,16,17). The first-order valence-electron chi connectivity index (χ1n) is 7.14. The van der Waals surface area contributed by atoms with Gasteiger partial charge in [-0.1, -0.05) is 12.1 Å². The maximum Gasteiger partial charge on any atom is 0.191 e. The molecule has 0 bridgehead atoms. The quantitative estimate of drug-likeness (QED) is 0.669. The summed E-state index contributed by atoms with van der Waals surface area (Å²) < 4.78 is 2.19. The van der Waals surface area contributed by atoms with Crippen molar-refractivity contribution in [2.75, 3.05) is 19.6 Å². The number of aryl methyl sites for hydroxylation is 1. The van der Waals surface area contributed by atoms with E-state index in [4.69, 9.17) is 5.73 Å². The van der Waals surface area contributed by atoms with Gasteiger partial charge in [-0.15, -0.1) is 0 Å². The Bertz CT molecular complexity index is 595. The molecule has 0 saturated carbocycles. The summed E-state index contributed by atoms with van der Waals surface area (Å²) in [5.41, 5.74) is 8.17. The fraction of sp³-hybridized carbons (Fsp3) is 0.467. The van der Waals surface area contributed by atoms with Crippen molar-refractivity contribution in [3.63, 3.8) is 0 Å². The van der Waals surface area contributed by atoms with E-state index >= 15 is 0 Å². The molecule has 0 amide bonds. The number of aromatic nitrogens is 2. The van der Waals surface area contributed by atoms with E-state index in [1.54, 1.807) is 0 Å². The smallest absolute Gasteiger partial charge is 0.191 e. The highest BCUT2D eigenvalue weighted by atomic mass is 15.2. The Morgan fingerprint density at radius 2 is 2.00 bits per heavy atom. The lowest BCUT2D eigenvalue weighted by Crippen LogP contribution is -2.37. The van der Waals surface area contributed by atoms with Crippen LogP contribution in [0.5, 0.6) is 0 Å². The van der Waals surface area contributed by atoms with E-state index in [-0.39, 0.29) is 0 Å². The molecule has 0 atom stereocenters. The van der Waals surface area contributed by atoms with E-state index in [2.05, 4.69) is 39.4 Å². The molecule has 0 aliphatic rings. The first kappa shape index (κ1) is 14.4. The van der Waals surface area contributed by atoms with Gasteiger partial charge in [-0.3, -0.25) is 4.99 Å². The van der Waals surface area contributed by atoms with Gasteiger partial charge in [-0.2, -0.15) is 0 Å². The lowest BCUT2D eigenvalue weighted by molar-refractivity contribution is 0.457. The largest absolute Gasteiger partial charge is 0.370 e. The third-order valence-electron chi connectivity index (χ3n) is 3.53. The highest BCUT2D eigenvalue weighted by Crippen LogP contribution is 2.14. The van der Waals surface area contributed by atoms with Crippen LogP contribution in [0.4, 0.5) is 0 Å². The molecule has 108 valence electrons. The van der Waals surface area contributed by atoms with Gasteiger partial charge in [0.25, 0.3) is 0 Å². The zero-order chi connectivity index (χ0) is 14.5. The van der Waals surface area contributed by atoms with Crippen molar-refractivity contribution < 1.29 is 0 Å². The summed E-state index contributed by atoms with van der Waals surface area (Å²) in [5, 5.41) is 0. The average Bonchev–Trinajstić information content (AvgIpc) is 2.76. The molecular formula is C15H23N5. The molecule has 0 aliphatic heterocycles. The zero-order valence-corrected chi connectivity index (χ0v) is 12.5. The summed E-state index contributed by atoms with van der Waals surface area (Å²) in [6.45, 7) is 9.44. The summed E-state index contributed by atoms with van der Waals surface area (Å²) in [6.07, 6.45) is 0. The van der Waals surface area contributed by atoms with Crippen LogP contribution in [0, 0.1) is 6.92 Å². The Kier molecular flexibility index (Phi) is 4.61. The van der Waals surface area contributed by atoms with Crippen LogP contribution in [-0.2, 0) is 6.54 Å². The second kappa shape index (κ2) is 6.41. The van der Waals surface area contributed by atoms with Crippen molar-refractivity contribution in [3.05, 3.63) is 30.1 Å². The van der Waals surface area contributed by atoms with Crippen LogP contribution in [-0.4, -0.2) is 40.0 Å². The molecule has 1 aromatic heterocycles. The second-order valence-electron chi connectivity index (χ2n) is 4.71. The van der Waals surface area contributed by atoms with Gasteiger partial charge >= 0.3 is 0 Å². The topological polar surface area (TPSA) is 59.4 Å². The lowest BCUT2D eigenvalue weighted by Gasteiger charge is -2.19. The summed E-state index contributed by atoms with van der Waals surface area (Å²) in [5.74, 6) is 1.64. The highest BCUT2D eigenvalue weighted by Gasteiger charge is 2.06. The fourth-order valence-electron chi connectivity index (χ4n) is 2.39. The highest BCUT2D eigenvalue weighted by molar-refractivity contribution is 5.78. The van der Waals surface area contributed by atoms with Gasteiger partial charge in [0.05, 0.1) is 17.6 Å². The van der Waals surface area contributed by atoms with Crippen LogP contribution < -0.4 is 5.73 Å². The minimum Gasteiger partial charge on any atom is -0.370 e. The molecule has 2 N–H and O–H groups in total. The number of rotatable bonds is 5. The van der Waals surface area contributed by atoms with Crippen molar-refractivity contribution in [1.82, 2.24) is 14.5 Å². The number of para-hydroxylation sites is 2. The van der Waals surface area contributed by atoms with E-state index in [9.17, 15) is 0 Å². The van der Waals surface area contributed by atoms with Gasteiger partial charge in [0, 0.05) is 19.6 Å². The number of hydrogen-bond donors (Lipinski definition) is 1. The van der Waals surface area contributed by atoms with Gasteiger partial charge in [-0.05, 0) is 32.9 Å². The molecule has 1 heterocycles. The Hall–Kier alpha value is -2.04. The van der Waals surface area contributed by atoms with Crippen molar-refractivity contribution in [1.29, 1.82) is 0 Å². The monoisotopic (exact) mass is 273 g/mol. The third-order valence-corrected chi connectivity index (χ3v) is 3.53. The van der Waals surface area contributed by atoms with Gasteiger partial charge < -0.3 is 15.2 Å². The number of nitrogens with two attached hydrogens (primary N) is 1. The van der Waals surface area contributed by atoms with Crippen LogP contribution in [0.1, 0.15) is 19.7 Å². The molecule has 0 aliphatic carbocycles. The number of fused-ring (bicyclic) bond motifs is 1. The molecule has 0 spiro atoms. The molecule has 0 unspecified atom stereocenters. The predicted molar refractivity (Wildman–Crippen MR) is 83.9 cm³/mol. The molecule has 20 heavy (non-hydrogen) atoms. The summed E-state index contributed by atoms with van der Waals surface area (Å²) >= 11 is 0. The minimum atomic E-state index is 0.622. The van der Waals surface area contributed by atoms with E-state index in [1.807, 2.05) is 25.1 Å². The van der Waals surface area contributed by atoms with E-state index < -0.39 is 0 Å². The van der Waals surface area contributed by atoms with Crippen LogP contribution in [0.3, 0.4) is 0 Å². The zero-order valence-electron chi connectivity index (χ0n) is 12.5. The van der Waals surface area contributed by atoms with Gasteiger partial charge in [0.1, 0.15) is 5.82 Å². The number of benzene rings is 1. The van der Waals surface area contributed by atoms with Gasteiger partial charge in [-0.25, -0.2) is 4.98 Å². The summed E-state index contributed by atoms with van der Waals surface area (Å²) in [6, 6.07) is 8.17. The first-order valence-corrected chi connectivity index (χ1v) is 7.14. The van der Waals surface area contributed by atoms with Crippen molar-refractivity contribution in [2.45, 2.75) is 27.3 Å². The number of aliphatic imine (C=N–C) groups is 1. The SMILES string of the molecule is CCN(CC)C(N)=NCCn1c(C)nc2ccccc21. The second-order valence-corrected chi connectivity index (χ2v) is 4.71. The molecule has 0 fully saturated rings. The molecule has 1 aromatic carbocycles. The number of nitrogens with zero attached hydrogens (tertiary/aromatic N) is 4. The van der Waals surface area contributed by atoms with Gasteiger partial charge in [0.2, 0.25) is 0 Å². The Labute approximate surface area is 120 Å². The molecule has 5 nitrogen and oxygen atoms in total. The average molecular weight is 273 g/mol. The van der Waals surface area contributed by atoms with E-state index in [1.165, 1.54) is 0 Å². The molecule has 2 rings (SSSR count). The number of guanidine groups is 1. The van der Waals surface area contributed by atoms with Crippen molar-refractivity contribution in [2.24, 2.45) is 10.7 Å². The summed E-state index contributed by atoms with van der Waals surface area (Å²) in [4.78, 5) is 11.1. The van der Waals surface area contributed by atoms with Crippen LogP contribution in [0.25, 0.3) is 11.0 Å². The number of hydrogen-bond acceptors (Lipinski definition) is 2. The Morgan fingerprint density at radius 3 is 2.70 bits per heavy atom. The fourth-order valence-corrected chi connectivity index (χ4v) is 2.39. The molecule has 0 radical (unpaired) electrons. The Balaban J connectivity index is 2.10. The van der Waals surface area contributed by atoms with Gasteiger partial charge in [0.15, 0.2) is 5.96 Å². The first-order chi connectivity index (χ1) is 9.67. The maximum absolute atomic E-state index is 5.98. The van der Waals surface area contributed by atoms with Crippen molar-refractivity contribution in [3.8, 4) is 0 Å². The Morgan fingerprint density at radius 1 is 1.30 bits per heavy atom.